The van der Waals surface area contributed by atoms with Crippen molar-refractivity contribution in [3.05, 3.63) is 0 Å². The van der Waals surface area contributed by atoms with Crippen LogP contribution in [0, 0.1) is 17.3 Å². The van der Waals surface area contributed by atoms with E-state index in [0.717, 1.165) is 19.3 Å². The molecule has 0 aliphatic heterocycles. The molecule has 0 radical (unpaired) electrons. The lowest BCUT2D eigenvalue weighted by Crippen LogP contribution is -2.28. The van der Waals surface area contributed by atoms with Crippen molar-refractivity contribution in [3.8, 4) is 0 Å². The minimum atomic E-state index is -0.702. The first-order valence-electron chi connectivity index (χ1n) is 5.05. The van der Waals surface area contributed by atoms with E-state index in [-0.39, 0.29) is 0 Å². The van der Waals surface area contributed by atoms with Crippen LogP contribution in [0.1, 0.15) is 33.1 Å². The van der Waals surface area contributed by atoms with Crippen LogP contribution in [0.3, 0.4) is 0 Å². The third kappa shape index (κ3) is 1.57. The highest BCUT2D eigenvalue weighted by Gasteiger charge is 2.61. The Labute approximate surface area is 79.3 Å². The smallest absolute Gasteiger partial charge is 0.311 e. The van der Waals surface area contributed by atoms with Gasteiger partial charge in [0.2, 0.25) is 0 Å². The summed E-state index contributed by atoms with van der Waals surface area (Å²) in [5.41, 5.74) is 4.95. The van der Waals surface area contributed by atoms with Crippen molar-refractivity contribution < 1.29 is 9.90 Å². The Balaban J connectivity index is 2.63. The van der Waals surface area contributed by atoms with E-state index >= 15 is 0 Å². The summed E-state index contributed by atoms with van der Waals surface area (Å²) in [6.07, 6.45) is 2.91. The molecule has 3 N–H and O–H groups in total. The van der Waals surface area contributed by atoms with E-state index in [4.69, 9.17) is 10.8 Å². The quantitative estimate of drug-likeness (QED) is 0.681. The molecule has 1 saturated carbocycles. The number of hydrogen-bond donors (Lipinski definition) is 2. The van der Waals surface area contributed by atoms with Gasteiger partial charge >= 0.3 is 5.97 Å². The van der Waals surface area contributed by atoms with E-state index in [9.17, 15) is 4.79 Å². The maximum atomic E-state index is 11.0. The van der Waals surface area contributed by atoms with Gasteiger partial charge in [-0.1, -0.05) is 26.7 Å². The Morgan fingerprint density at radius 3 is 2.38 bits per heavy atom. The molecule has 0 heterocycles. The molecule has 3 heteroatoms. The van der Waals surface area contributed by atoms with Crippen molar-refractivity contribution >= 4 is 5.97 Å². The molecule has 13 heavy (non-hydrogen) atoms. The first-order valence-corrected chi connectivity index (χ1v) is 5.05. The van der Waals surface area contributed by atoms with Crippen LogP contribution in [0.25, 0.3) is 0 Å². The van der Waals surface area contributed by atoms with Crippen molar-refractivity contribution in [2.75, 3.05) is 6.54 Å². The molecule has 0 amide bonds. The SMILES string of the molecule is CCC(CC)C1CC1(CN)C(=O)O. The van der Waals surface area contributed by atoms with Crippen molar-refractivity contribution in [3.63, 3.8) is 0 Å². The predicted octanol–water partition coefficient (Wildman–Crippen LogP) is 1.47. The van der Waals surface area contributed by atoms with Crippen LogP contribution in [-0.2, 0) is 4.79 Å². The molecule has 2 unspecified atom stereocenters. The third-order valence-corrected chi connectivity index (χ3v) is 3.54. The molecule has 1 aliphatic rings. The van der Waals surface area contributed by atoms with Crippen molar-refractivity contribution in [2.24, 2.45) is 23.0 Å². The van der Waals surface area contributed by atoms with Crippen molar-refractivity contribution in [2.45, 2.75) is 33.1 Å². The molecule has 0 saturated heterocycles. The largest absolute Gasteiger partial charge is 0.481 e. The summed E-state index contributed by atoms with van der Waals surface area (Å²) in [5, 5.41) is 9.03. The van der Waals surface area contributed by atoms with Crippen LogP contribution < -0.4 is 5.73 Å². The van der Waals surface area contributed by atoms with E-state index in [1.807, 2.05) is 0 Å². The summed E-state index contributed by atoms with van der Waals surface area (Å²) in [4.78, 5) is 11.0. The van der Waals surface area contributed by atoms with Crippen LogP contribution in [0.2, 0.25) is 0 Å². The summed E-state index contributed by atoms with van der Waals surface area (Å²) >= 11 is 0. The normalized spacial score (nSPS) is 32.2. The molecule has 1 rings (SSSR count). The van der Waals surface area contributed by atoms with Crippen LogP contribution >= 0.6 is 0 Å². The summed E-state index contributed by atoms with van der Waals surface area (Å²) in [7, 11) is 0. The number of nitrogens with two attached hydrogens (primary N) is 1. The molecule has 1 fully saturated rings. The molecule has 2 atom stereocenters. The summed E-state index contributed by atoms with van der Waals surface area (Å²) in [6.45, 7) is 4.54. The Hall–Kier alpha value is -0.570. The molecule has 3 nitrogen and oxygen atoms in total. The topological polar surface area (TPSA) is 63.3 Å². The lowest BCUT2D eigenvalue weighted by molar-refractivity contribution is -0.143. The second-order valence-corrected chi connectivity index (χ2v) is 4.05. The van der Waals surface area contributed by atoms with Crippen LogP contribution in [0.5, 0.6) is 0 Å². The molecule has 1 aliphatic carbocycles. The fraction of sp³-hybridized carbons (Fsp3) is 0.900. The second-order valence-electron chi connectivity index (χ2n) is 4.05. The molecule has 0 aromatic carbocycles. The minimum absolute atomic E-state index is 0.295. The summed E-state index contributed by atoms with van der Waals surface area (Å²) < 4.78 is 0. The van der Waals surface area contributed by atoms with Crippen molar-refractivity contribution in [1.29, 1.82) is 0 Å². The monoisotopic (exact) mass is 185 g/mol. The maximum Gasteiger partial charge on any atom is 0.311 e. The van der Waals surface area contributed by atoms with Gasteiger partial charge in [0, 0.05) is 6.54 Å². The lowest BCUT2D eigenvalue weighted by atomic mass is 9.91. The molecular weight excluding hydrogens is 166 g/mol. The zero-order valence-corrected chi connectivity index (χ0v) is 8.42. The predicted molar refractivity (Wildman–Crippen MR) is 51.3 cm³/mol. The first kappa shape index (κ1) is 10.5. The Kier molecular flexibility index (Phi) is 2.96. The number of rotatable bonds is 5. The lowest BCUT2D eigenvalue weighted by Gasteiger charge is -2.15. The van der Waals surface area contributed by atoms with Gasteiger partial charge in [-0.3, -0.25) is 4.79 Å². The highest BCUT2D eigenvalue weighted by molar-refractivity contribution is 5.79. The standard InChI is InChI=1S/C10H19NO2/c1-3-7(4-2)8-5-10(8,6-11)9(12)13/h7-8H,3-6,11H2,1-2H3,(H,12,13). The fourth-order valence-corrected chi connectivity index (χ4v) is 2.38. The Morgan fingerprint density at radius 2 is 2.15 bits per heavy atom. The fourth-order valence-electron chi connectivity index (χ4n) is 2.38. The molecule has 0 aromatic rings. The van der Waals surface area contributed by atoms with Gasteiger partial charge in [-0.2, -0.15) is 0 Å². The molecule has 76 valence electrons. The van der Waals surface area contributed by atoms with Gasteiger partial charge in [-0.25, -0.2) is 0 Å². The summed E-state index contributed by atoms with van der Waals surface area (Å²) in [5.74, 6) is 0.163. The zero-order valence-electron chi connectivity index (χ0n) is 8.42. The zero-order chi connectivity index (χ0) is 10.1. The van der Waals surface area contributed by atoms with E-state index in [1.165, 1.54) is 0 Å². The number of carboxylic acid groups (broad SMARTS) is 1. The highest BCUT2D eigenvalue weighted by Crippen LogP contribution is 2.57. The molecule has 0 aromatic heterocycles. The number of carboxylic acids is 1. The highest BCUT2D eigenvalue weighted by atomic mass is 16.4. The Bertz CT molecular complexity index is 201. The van der Waals surface area contributed by atoms with Gasteiger partial charge in [0.1, 0.15) is 0 Å². The molecule has 0 bridgehead atoms. The van der Waals surface area contributed by atoms with Gasteiger partial charge in [-0.05, 0) is 18.3 Å². The van der Waals surface area contributed by atoms with Gasteiger partial charge in [-0.15, -0.1) is 0 Å². The van der Waals surface area contributed by atoms with E-state index < -0.39 is 11.4 Å². The number of hydrogen-bond acceptors (Lipinski definition) is 2. The van der Waals surface area contributed by atoms with Gasteiger partial charge < -0.3 is 10.8 Å². The van der Waals surface area contributed by atoms with E-state index in [2.05, 4.69) is 13.8 Å². The Morgan fingerprint density at radius 1 is 1.62 bits per heavy atom. The second kappa shape index (κ2) is 3.66. The average molecular weight is 185 g/mol. The van der Waals surface area contributed by atoms with E-state index in [0.29, 0.717) is 18.4 Å². The van der Waals surface area contributed by atoms with Gasteiger partial charge in [0.15, 0.2) is 0 Å². The van der Waals surface area contributed by atoms with Crippen molar-refractivity contribution in [1.82, 2.24) is 0 Å². The van der Waals surface area contributed by atoms with Crippen LogP contribution in [-0.4, -0.2) is 17.6 Å². The third-order valence-electron chi connectivity index (χ3n) is 3.54. The van der Waals surface area contributed by atoms with Crippen LogP contribution in [0.15, 0.2) is 0 Å². The number of aliphatic carboxylic acids is 1. The first-order chi connectivity index (χ1) is 6.12. The summed E-state index contributed by atoms with van der Waals surface area (Å²) in [6, 6.07) is 0. The minimum Gasteiger partial charge on any atom is -0.481 e. The van der Waals surface area contributed by atoms with Gasteiger partial charge in [0.05, 0.1) is 5.41 Å². The number of carbonyl (C=O) groups is 1. The van der Waals surface area contributed by atoms with Gasteiger partial charge in [0.25, 0.3) is 0 Å². The molecular formula is C10H19NO2. The molecule has 0 spiro atoms. The average Bonchev–Trinajstić information content (AvgIpc) is 2.83. The maximum absolute atomic E-state index is 11.0. The van der Waals surface area contributed by atoms with Crippen LogP contribution in [0.4, 0.5) is 0 Å². The van der Waals surface area contributed by atoms with E-state index in [1.54, 1.807) is 0 Å².